The second-order valence-corrected chi connectivity index (χ2v) is 5.17. The Balaban J connectivity index is 1.95. The van der Waals surface area contributed by atoms with Gasteiger partial charge in [-0.25, -0.2) is 0 Å². The zero-order chi connectivity index (χ0) is 14.7. The number of carbonyl (C=O) groups is 1. The van der Waals surface area contributed by atoms with Crippen LogP contribution >= 0.6 is 0 Å². The lowest BCUT2D eigenvalue weighted by molar-refractivity contribution is 0.0968. The zero-order valence-corrected chi connectivity index (χ0v) is 11.6. The number of ketones is 1. The largest absolute Gasteiger partial charge is 0.360 e. The Morgan fingerprint density at radius 1 is 1.29 bits per heavy atom. The van der Waals surface area contributed by atoms with Gasteiger partial charge in [0.25, 0.3) is 0 Å². The molecule has 0 aliphatic heterocycles. The molecule has 0 unspecified atom stereocenters. The molecule has 0 spiro atoms. The van der Waals surface area contributed by atoms with E-state index < -0.39 is 5.92 Å². The fraction of sp³-hybridized carbons (Fsp3) is 0.375. The maximum Gasteiger partial charge on any atom is 0.208 e. The summed E-state index contributed by atoms with van der Waals surface area (Å²) in [5.74, 6) is -0.444. The van der Waals surface area contributed by atoms with Crippen LogP contribution in [0.25, 0.3) is 0 Å². The van der Waals surface area contributed by atoms with Crippen LogP contribution in [0.5, 0.6) is 0 Å². The molecule has 1 aliphatic carbocycles. The topological polar surface area (TPSA) is 79.8 Å². The molecule has 2 heterocycles. The van der Waals surface area contributed by atoms with Gasteiger partial charge in [-0.15, -0.1) is 0 Å². The molecule has 0 radical (unpaired) electrons. The predicted molar refractivity (Wildman–Crippen MR) is 74.7 cm³/mol. The average Bonchev–Trinajstić information content (AvgIpc) is 2.78. The standard InChI is InChI=1S/C16H15N3O2/c17-10-12(13-7-4-5-9-18-13)16(20)15-11-6-2-1-3-8-14(11)21-19-15/h4-5,7,9,12H,1-3,6,8H2/t12-/m1/s1. The van der Waals surface area contributed by atoms with Gasteiger partial charge >= 0.3 is 0 Å². The van der Waals surface area contributed by atoms with Crippen LogP contribution in [0.4, 0.5) is 0 Å². The highest BCUT2D eigenvalue weighted by molar-refractivity contribution is 6.02. The van der Waals surface area contributed by atoms with Crippen molar-refractivity contribution in [3.63, 3.8) is 0 Å². The second kappa shape index (κ2) is 5.88. The molecule has 0 amide bonds. The van der Waals surface area contributed by atoms with Gasteiger partial charge < -0.3 is 4.52 Å². The lowest BCUT2D eigenvalue weighted by Crippen LogP contribution is -2.15. The van der Waals surface area contributed by atoms with Gasteiger partial charge in [-0.3, -0.25) is 9.78 Å². The van der Waals surface area contributed by atoms with E-state index in [0.717, 1.165) is 43.4 Å². The van der Waals surface area contributed by atoms with Gasteiger partial charge in [0.15, 0.2) is 11.6 Å². The van der Waals surface area contributed by atoms with Crippen molar-refractivity contribution in [3.05, 3.63) is 47.1 Å². The lowest BCUT2D eigenvalue weighted by atomic mass is 9.95. The van der Waals surface area contributed by atoms with E-state index in [1.54, 1.807) is 24.4 Å². The molecule has 2 aromatic heterocycles. The maximum atomic E-state index is 12.6. The fourth-order valence-corrected chi connectivity index (χ4v) is 2.70. The average molecular weight is 281 g/mol. The first-order chi connectivity index (χ1) is 10.3. The molecule has 1 aliphatic rings. The molecule has 21 heavy (non-hydrogen) atoms. The molecule has 1 atom stereocenters. The van der Waals surface area contributed by atoms with Crippen LogP contribution in [0.2, 0.25) is 0 Å². The van der Waals surface area contributed by atoms with E-state index >= 15 is 0 Å². The van der Waals surface area contributed by atoms with Gasteiger partial charge in [-0.2, -0.15) is 5.26 Å². The first-order valence-corrected chi connectivity index (χ1v) is 7.13. The summed E-state index contributed by atoms with van der Waals surface area (Å²) < 4.78 is 5.32. The van der Waals surface area contributed by atoms with Crippen molar-refractivity contribution < 1.29 is 9.32 Å². The highest BCUT2D eigenvalue weighted by atomic mass is 16.5. The number of nitrogens with zero attached hydrogens (tertiary/aromatic N) is 3. The van der Waals surface area contributed by atoms with Crippen LogP contribution in [-0.4, -0.2) is 15.9 Å². The van der Waals surface area contributed by atoms with Crippen LogP contribution in [0, 0.1) is 11.3 Å². The van der Waals surface area contributed by atoms with E-state index in [2.05, 4.69) is 10.1 Å². The molecule has 5 heteroatoms. The molecule has 0 bridgehead atoms. The van der Waals surface area contributed by atoms with Gasteiger partial charge in [-0.05, 0) is 31.4 Å². The third kappa shape index (κ3) is 2.57. The summed E-state index contributed by atoms with van der Waals surface area (Å²) in [5.41, 5.74) is 1.65. The Bertz CT molecular complexity index is 685. The molecule has 0 aromatic carbocycles. The number of fused-ring (bicyclic) bond motifs is 1. The number of hydrogen-bond donors (Lipinski definition) is 0. The first-order valence-electron chi connectivity index (χ1n) is 7.13. The van der Waals surface area contributed by atoms with Gasteiger partial charge in [0.2, 0.25) is 5.78 Å². The monoisotopic (exact) mass is 281 g/mol. The molecule has 3 rings (SSSR count). The van der Waals surface area contributed by atoms with Crippen molar-refractivity contribution in [2.45, 2.75) is 38.0 Å². The quantitative estimate of drug-likeness (QED) is 0.638. The van der Waals surface area contributed by atoms with Crippen molar-refractivity contribution in [3.8, 4) is 6.07 Å². The van der Waals surface area contributed by atoms with E-state index in [1.807, 2.05) is 6.07 Å². The summed E-state index contributed by atoms with van der Waals surface area (Å²) in [6.45, 7) is 0. The zero-order valence-electron chi connectivity index (χ0n) is 11.6. The summed E-state index contributed by atoms with van der Waals surface area (Å²) in [4.78, 5) is 16.7. The summed E-state index contributed by atoms with van der Waals surface area (Å²) in [6, 6.07) is 7.24. The Hall–Kier alpha value is -2.48. The second-order valence-electron chi connectivity index (χ2n) is 5.17. The number of hydrogen-bond acceptors (Lipinski definition) is 5. The number of aryl methyl sites for hydroxylation is 1. The summed E-state index contributed by atoms with van der Waals surface area (Å²) in [5, 5.41) is 13.3. The summed E-state index contributed by atoms with van der Waals surface area (Å²) in [6.07, 6.45) is 6.39. The number of aromatic nitrogens is 2. The van der Waals surface area contributed by atoms with Gasteiger partial charge in [0.05, 0.1) is 11.8 Å². The third-order valence-corrected chi connectivity index (χ3v) is 3.81. The minimum absolute atomic E-state index is 0.309. The smallest absolute Gasteiger partial charge is 0.208 e. The number of carbonyl (C=O) groups excluding carboxylic acids is 1. The van der Waals surface area contributed by atoms with Crippen molar-refractivity contribution in [1.29, 1.82) is 5.26 Å². The molecular formula is C16H15N3O2. The molecule has 2 aromatic rings. The fourth-order valence-electron chi connectivity index (χ4n) is 2.70. The van der Waals surface area contributed by atoms with E-state index in [4.69, 9.17) is 4.52 Å². The Kier molecular flexibility index (Phi) is 3.78. The number of nitriles is 1. The Morgan fingerprint density at radius 3 is 2.90 bits per heavy atom. The van der Waals surface area contributed by atoms with E-state index in [9.17, 15) is 10.1 Å². The van der Waals surface area contributed by atoms with E-state index in [-0.39, 0.29) is 5.78 Å². The van der Waals surface area contributed by atoms with Gasteiger partial charge in [0, 0.05) is 18.2 Å². The minimum Gasteiger partial charge on any atom is -0.360 e. The normalized spacial score (nSPS) is 15.6. The van der Waals surface area contributed by atoms with Crippen LogP contribution in [-0.2, 0) is 12.8 Å². The highest BCUT2D eigenvalue weighted by Gasteiger charge is 2.30. The maximum absolute atomic E-state index is 12.6. The molecule has 0 saturated heterocycles. The van der Waals surface area contributed by atoms with Crippen molar-refractivity contribution >= 4 is 5.78 Å². The number of pyridine rings is 1. The lowest BCUT2D eigenvalue weighted by Gasteiger charge is -2.06. The number of rotatable bonds is 3. The van der Waals surface area contributed by atoms with E-state index in [1.165, 1.54) is 0 Å². The third-order valence-electron chi connectivity index (χ3n) is 3.81. The molecule has 5 nitrogen and oxygen atoms in total. The molecule has 0 saturated carbocycles. The SMILES string of the molecule is N#C[C@@H](C(=O)c1noc2c1CCCCC2)c1ccccn1. The Labute approximate surface area is 122 Å². The Morgan fingerprint density at radius 2 is 2.14 bits per heavy atom. The summed E-state index contributed by atoms with van der Waals surface area (Å²) in [7, 11) is 0. The summed E-state index contributed by atoms with van der Waals surface area (Å²) >= 11 is 0. The van der Waals surface area contributed by atoms with Crippen LogP contribution < -0.4 is 0 Å². The van der Waals surface area contributed by atoms with Crippen molar-refractivity contribution in [2.75, 3.05) is 0 Å². The van der Waals surface area contributed by atoms with Crippen molar-refractivity contribution in [2.24, 2.45) is 0 Å². The predicted octanol–water partition coefficient (Wildman–Crippen LogP) is 2.83. The van der Waals surface area contributed by atoms with Gasteiger partial charge in [0.1, 0.15) is 5.76 Å². The molecular weight excluding hydrogens is 266 g/mol. The van der Waals surface area contributed by atoms with Crippen molar-refractivity contribution in [1.82, 2.24) is 10.1 Å². The van der Waals surface area contributed by atoms with Gasteiger partial charge in [-0.1, -0.05) is 17.6 Å². The molecule has 106 valence electrons. The minimum atomic E-state index is -0.927. The molecule has 0 fully saturated rings. The highest BCUT2D eigenvalue weighted by Crippen LogP contribution is 2.27. The number of Topliss-reactive ketones (excluding diaryl/α,β-unsaturated/α-hetero) is 1. The van der Waals surface area contributed by atoms with Crippen LogP contribution in [0.1, 0.15) is 52.7 Å². The molecule has 0 N–H and O–H groups in total. The first kappa shape index (κ1) is 13.5. The van der Waals surface area contributed by atoms with E-state index in [0.29, 0.717) is 11.4 Å². The van der Waals surface area contributed by atoms with Crippen LogP contribution in [0.15, 0.2) is 28.9 Å². The van der Waals surface area contributed by atoms with Crippen LogP contribution in [0.3, 0.4) is 0 Å².